The second kappa shape index (κ2) is 10.6. The molecule has 4 aromatic rings. The minimum Gasteiger partial charge on any atom is -0.497 e. The fraction of sp³-hybridized carbons (Fsp3) is 0.280. The number of rotatable bonds is 9. The van der Waals surface area contributed by atoms with Gasteiger partial charge in [-0.2, -0.15) is 5.10 Å². The third-order valence-electron chi connectivity index (χ3n) is 5.63. The van der Waals surface area contributed by atoms with E-state index < -0.39 is 0 Å². The Kier molecular flexibility index (Phi) is 7.32. The molecule has 0 aliphatic rings. The number of methoxy groups -OCH3 is 1. The number of nitrogens with zero attached hydrogens (tertiary/aromatic N) is 5. The predicted octanol–water partition coefficient (Wildman–Crippen LogP) is 3.85. The van der Waals surface area contributed by atoms with Crippen molar-refractivity contribution in [2.75, 3.05) is 12.9 Å². The van der Waals surface area contributed by atoms with Gasteiger partial charge in [-0.3, -0.25) is 14.0 Å². The molecule has 0 spiro atoms. The van der Waals surface area contributed by atoms with Crippen molar-refractivity contribution in [2.45, 2.75) is 39.0 Å². The molecule has 2 heterocycles. The van der Waals surface area contributed by atoms with Crippen molar-refractivity contribution < 1.29 is 9.53 Å². The number of nitrogens with one attached hydrogen (secondary N) is 1. The SMILES string of the molecule is COc1ccc(-n2c(C)nnc2SCC(=O)NCc2c(C)nn(Cc3ccccc3)c2C)cc1. The van der Waals surface area contributed by atoms with Crippen LogP contribution in [-0.4, -0.2) is 43.3 Å². The lowest BCUT2D eigenvalue weighted by molar-refractivity contribution is -0.118. The average Bonchev–Trinajstić information content (AvgIpc) is 3.35. The van der Waals surface area contributed by atoms with E-state index in [4.69, 9.17) is 4.74 Å². The molecule has 0 aliphatic heterocycles. The summed E-state index contributed by atoms with van der Waals surface area (Å²) in [4.78, 5) is 12.6. The van der Waals surface area contributed by atoms with Crippen LogP contribution >= 0.6 is 11.8 Å². The van der Waals surface area contributed by atoms with Crippen LogP contribution in [0.25, 0.3) is 5.69 Å². The minimum absolute atomic E-state index is 0.0680. The molecule has 8 nitrogen and oxygen atoms in total. The standard InChI is InChI=1S/C25H28N6O2S/c1-17-23(18(2)30(29-17)15-20-8-6-5-7-9-20)14-26-24(32)16-34-25-28-27-19(3)31(25)21-10-12-22(33-4)13-11-21/h5-13H,14-16H2,1-4H3,(H,26,32). The highest BCUT2D eigenvalue weighted by Crippen LogP contribution is 2.23. The van der Waals surface area contributed by atoms with Crippen LogP contribution < -0.4 is 10.1 Å². The van der Waals surface area contributed by atoms with E-state index in [0.717, 1.165) is 34.2 Å². The minimum atomic E-state index is -0.0680. The highest BCUT2D eigenvalue weighted by molar-refractivity contribution is 7.99. The Morgan fingerprint density at radius 1 is 1.03 bits per heavy atom. The molecular weight excluding hydrogens is 448 g/mol. The smallest absolute Gasteiger partial charge is 0.230 e. The average molecular weight is 477 g/mol. The third-order valence-corrected chi connectivity index (χ3v) is 6.56. The van der Waals surface area contributed by atoms with Gasteiger partial charge in [0.1, 0.15) is 11.6 Å². The van der Waals surface area contributed by atoms with Crippen LogP contribution in [0, 0.1) is 20.8 Å². The van der Waals surface area contributed by atoms with Crippen molar-refractivity contribution in [1.29, 1.82) is 0 Å². The zero-order chi connectivity index (χ0) is 24.1. The number of ether oxygens (including phenoxy) is 1. The Bertz CT molecular complexity index is 1260. The largest absolute Gasteiger partial charge is 0.497 e. The first-order valence-corrected chi connectivity index (χ1v) is 12.0. The van der Waals surface area contributed by atoms with Crippen molar-refractivity contribution in [1.82, 2.24) is 29.9 Å². The summed E-state index contributed by atoms with van der Waals surface area (Å²) in [5.41, 5.74) is 5.15. The van der Waals surface area contributed by atoms with Gasteiger partial charge in [-0.05, 0) is 50.6 Å². The van der Waals surface area contributed by atoms with Gasteiger partial charge in [-0.15, -0.1) is 10.2 Å². The Labute approximate surface area is 203 Å². The summed E-state index contributed by atoms with van der Waals surface area (Å²) >= 11 is 1.36. The van der Waals surface area contributed by atoms with Crippen LogP contribution in [0.1, 0.15) is 28.3 Å². The molecule has 4 rings (SSSR count). The maximum Gasteiger partial charge on any atom is 0.230 e. The number of hydrogen-bond donors (Lipinski definition) is 1. The maximum absolute atomic E-state index is 12.6. The summed E-state index contributed by atoms with van der Waals surface area (Å²) in [6, 6.07) is 17.9. The lowest BCUT2D eigenvalue weighted by atomic mass is 10.2. The summed E-state index contributed by atoms with van der Waals surface area (Å²) < 4.78 is 9.15. The highest BCUT2D eigenvalue weighted by Gasteiger charge is 2.16. The molecule has 0 aliphatic carbocycles. The van der Waals surface area contributed by atoms with E-state index in [1.54, 1.807) is 7.11 Å². The number of thioether (sulfide) groups is 1. The van der Waals surface area contributed by atoms with Gasteiger partial charge in [-0.25, -0.2) is 0 Å². The van der Waals surface area contributed by atoms with Gasteiger partial charge >= 0.3 is 0 Å². The van der Waals surface area contributed by atoms with Crippen LogP contribution in [0.5, 0.6) is 5.75 Å². The van der Waals surface area contributed by atoms with Crippen LogP contribution in [0.4, 0.5) is 0 Å². The van der Waals surface area contributed by atoms with Crippen LogP contribution in [0.3, 0.4) is 0 Å². The lowest BCUT2D eigenvalue weighted by Gasteiger charge is -2.10. The summed E-state index contributed by atoms with van der Waals surface area (Å²) in [5.74, 6) is 1.71. The maximum atomic E-state index is 12.6. The predicted molar refractivity (Wildman–Crippen MR) is 132 cm³/mol. The fourth-order valence-corrected chi connectivity index (χ4v) is 4.56. The quantitative estimate of drug-likeness (QED) is 0.369. The molecule has 1 N–H and O–H groups in total. The van der Waals surface area contributed by atoms with Crippen molar-refractivity contribution >= 4 is 17.7 Å². The van der Waals surface area contributed by atoms with Crippen molar-refractivity contribution in [3.05, 3.63) is 82.9 Å². The Balaban J connectivity index is 1.37. The van der Waals surface area contributed by atoms with Crippen molar-refractivity contribution in [3.63, 3.8) is 0 Å². The molecule has 34 heavy (non-hydrogen) atoms. The number of hydrogen-bond acceptors (Lipinski definition) is 6. The molecule has 0 unspecified atom stereocenters. The monoisotopic (exact) mass is 476 g/mol. The third kappa shape index (κ3) is 5.31. The van der Waals surface area contributed by atoms with E-state index >= 15 is 0 Å². The Hall–Kier alpha value is -3.59. The molecule has 2 aromatic heterocycles. The van der Waals surface area contributed by atoms with Gasteiger partial charge in [0.05, 0.1) is 25.1 Å². The molecule has 0 atom stereocenters. The zero-order valence-corrected chi connectivity index (χ0v) is 20.6. The highest BCUT2D eigenvalue weighted by atomic mass is 32.2. The molecule has 0 saturated carbocycles. The second-order valence-corrected chi connectivity index (χ2v) is 8.86. The van der Waals surface area contributed by atoms with E-state index in [-0.39, 0.29) is 11.7 Å². The summed E-state index contributed by atoms with van der Waals surface area (Å²) in [5, 5.41) is 16.8. The van der Waals surface area contributed by atoms with E-state index in [2.05, 4.69) is 32.7 Å². The number of amides is 1. The number of carbonyl (C=O) groups is 1. The van der Waals surface area contributed by atoms with Gasteiger partial charge in [0, 0.05) is 23.5 Å². The van der Waals surface area contributed by atoms with Gasteiger partial charge < -0.3 is 10.1 Å². The van der Waals surface area contributed by atoms with Gasteiger partial charge in [0.15, 0.2) is 5.16 Å². The van der Waals surface area contributed by atoms with Crippen LogP contribution in [-0.2, 0) is 17.9 Å². The van der Waals surface area contributed by atoms with E-state index in [9.17, 15) is 4.79 Å². The second-order valence-electron chi connectivity index (χ2n) is 7.92. The number of benzene rings is 2. The van der Waals surface area contributed by atoms with E-state index in [1.165, 1.54) is 17.3 Å². The first-order valence-electron chi connectivity index (χ1n) is 11.0. The molecule has 1 amide bonds. The molecular formula is C25H28N6O2S. The fourth-order valence-electron chi connectivity index (χ4n) is 3.73. The van der Waals surface area contributed by atoms with Crippen LogP contribution in [0.2, 0.25) is 0 Å². The molecule has 0 radical (unpaired) electrons. The lowest BCUT2D eigenvalue weighted by Crippen LogP contribution is -2.25. The molecule has 9 heteroatoms. The van der Waals surface area contributed by atoms with Gasteiger partial charge in [0.25, 0.3) is 0 Å². The normalized spacial score (nSPS) is 10.9. The molecule has 0 bridgehead atoms. The molecule has 176 valence electrons. The van der Waals surface area contributed by atoms with Crippen molar-refractivity contribution in [3.8, 4) is 11.4 Å². The number of carbonyl (C=O) groups excluding carboxylic acids is 1. The summed E-state index contributed by atoms with van der Waals surface area (Å²) in [6.45, 7) is 7.05. The van der Waals surface area contributed by atoms with Gasteiger partial charge in [0.2, 0.25) is 5.91 Å². The topological polar surface area (TPSA) is 86.9 Å². The summed E-state index contributed by atoms with van der Waals surface area (Å²) in [7, 11) is 1.64. The first-order chi connectivity index (χ1) is 16.5. The molecule has 0 saturated heterocycles. The molecule has 2 aromatic carbocycles. The van der Waals surface area contributed by atoms with E-state index in [1.807, 2.05) is 72.5 Å². The number of aryl methyl sites for hydroxylation is 2. The van der Waals surface area contributed by atoms with E-state index in [0.29, 0.717) is 18.2 Å². The zero-order valence-electron chi connectivity index (χ0n) is 19.8. The Morgan fingerprint density at radius 2 is 1.76 bits per heavy atom. The van der Waals surface area contributed by atoms with Crippen LogP contribution in [0.15, 0.2) is 59.8 Å². The number of aromatic nitrogens is 5. The first kappa shape index (κ1) is 23.6. The van der Waals surface area contributed by atoms with Crippen molar-refractivity contribution in [2.24, 2.45) is 0 Å². The molecule has 0 fully saturated rings. The van der Waals surface area contributed by atoms with Gasteiger partial charge in [-0.1, -0.05) is 42.1 Å². The Morgan fingerprint density at radius 3 is 2.47 bits per heavy atom. The summed E-state index contributed by atoms with van der Waals surface area (Å²) in [6.07, 6.45) is 0.